The fourth-order valence-corrected chi connectivity index (χ4v) is 4.02. The third-order valence-corrected chi connectivity index (χ3v) is 6.17. The van der Waals surface area contributed by atoms with E-state index < -0.39 is 0 Å². The summed E-state index contributed by atoms with van der Waals surface area (Å²) in [5, 5.41) is 0. The molecule has 36 heavy (non-hydrogen) atoms. The van der Waals surface area contributed by atoms with Gasteiger partial charge in [-0.25, -0.2) is 8.78 Å². The quantitative estimate of drug-likeness (QED) is 0.190. The average Bonchev–Trinajstić information content (AvgIpc) is 2.89. The smallest absolute Gasteiger partial charge is 0.142 e. The monoisotopic (exact) mass is 480 g/mol. The number of aryl methyl sites for hydroxylation is 2. The SMILES string of the molecule is CCCCOc1cc(F)c(C#Cc2ccc(-c3ccc(-c4ccc(C)cc4)cc3F)cc2)c(CC)c1. The number of ether oxygens (including phenoxy) is 1. The second-order valence-corrected chi connectivity index (χ2v) is 8.88. The third kappa shape index (κ3) is 6.01. The van der Waals surface area contributed by atoms with Crippen LogP contribution in [-0.2, 0) is 6.42 Å². The molecule has 0 aliphatic carbocycles. The molecule has 0 heterocycles. The molecule has 0 amide bonds. The lowest BCUT2D eigenvalue weighted by molar-refractivity contribution is 0.307. The Balaban J connectivity index is 1.53. The van der Waals surface area contributed by atoms with Gasteiger partial charge >= 0.3 is 0 Å². The highest BCUT2D eigenvalue weighted by Crippen LogP contribution is 2.28. The molecule has 0 radical (unpaired) electrons. The second kappa shape index (κ2) is 11.7. The van der Waals surface area contributed by atoms with Gasteiger partial charge in [0.1, 0.15) is 17.4 Å². The Kier molecular flexibility index (Phi) is 8.18. The lowest BCUT2D eigenvalue weighted by atomic mass is 9.98. The fraction of sp³-hybridized carbons (Fsp3) is 0.212. The molecule has 0 unspecified atom stereocenters. The van der Waals surface area contributed by atoms with E-state index in [1.54, 1.807) is 12.1 Å². The van der Waals surface area contributed by atoms with E-state index in [9.17, 15) is 8.78 Å². The van der Waals surface area contributed by atoms with Crippen LogP contribution in [0, 0.1) is 30.4 Å². The van der Waals surface area contributed by atoms with Gasteiger partial charge in [-0.1, -0.05) is 86.2 Å². The van der Waals surface area contributed by atoms with Gasteiger partial charge in [0.05, 0.1) is 12.2 Å². The van der Waals surface area contributed by atoms with Crippen molar-refractivity contribution in [3.8, 4) is 39.8 Å². The van der Waals surface area contributed by atoms with Crippen molar-refractivity contribution in [2.24, 2.45) is 0 Å². The van der Waals surface area contributed by atoms with Crippen molar-refractivity contribution in [1.29, 1.82) is 0 Å². The molecule has 182 valence electrons. The van der Waals surface area contributed by atoms with E-state index >= 15 is 0 Å². The van der Waals surface area contributed by atoms with Crippen LogP contribution in [-0.4, -0.2) is 6.61 Å². The minimum atomic E-state index is -0.374. The van der Waals surface area contributed by atoms with Gasteiger partial charge in [-0.2, -0.15) is 0 Å². The van der Waals surface area contributed by atoms with Crippen LogP contribution in [0.5, 0.6) is 5.75 Å². The van der Waals surface area contributed by atoms with Crippen LogP contribution in [0.15, 0.2) is 78.9 Å². The number of halogens is 2. The van der Waals surface area contributed by atoms with Gasteiger partial charge in [0.15, 0.2) is 0 Å². The molecule has 0 fully saturated rings. The molecule has 0 saturated carbocycles. The van der Waals surface area contributed by atoms with Crippen LogP contribution in [0.25, 0.3) is 22.3 Å². The summed E-state index contributed by atoms with van der Waals surface area (Å²) in [5.41, 5.74) is 6.24. The highest BCUT2D eigenvalue weighted by Gasteiger charge is 2.10. The van der Waals surface area contributed by atoms with Crippen LogP contribution in [0.3, 0.4) is 0 Å². The normalized spacial score (nSPS) is 10.6. The summed E-state index contributed by atoms with van der Waals surface area (Å²) in [6.45, 7) is 6.67. The molecule has 3 heteroatoms. The van der Waals surface area contributed by atoms with E-state index in [4.69, 9.17) is 4.74 Å². The summed E-state index contributed by atoms with van der Waals surface area (Å²) in [7, 11) is 0. The maximum absolute atomic E-state index is 14.9. The van der Waals surface area contributed by atoms with Crippen molar-refractivity contribution >= 4 is 0 Å². The molecule has 0 aromatic heterocycles. The van der Waals surface area contributed by atoms with Crippen molar-refractivity contribution in [2.45, 2.75) is 40.0 Å². The largest absolute Gasteiger partial charge is 0.493 e. The molecule has 4 rings (SSSR count). The number of unbranched alkanes of at least 4 members (excludes halogenated alkanes) is 1. The van der Waals surface area contributed by atoms with Crippen LogP contribution < -0.4 is 4.74 Å². The van der Waals surface area contributed by atoms with Crippen LogP contribution in [0.2, 0.25) is 0 Å². The second-order valence-electron chi connectivity index (χ2n) is 8.88. The zero-order chi connectivity index (χ0) is 25.5. The van der Waals surface area contributed by atoms with Crippen LogP contribution >= 0.6 is 0 Å². The van der Waals surface area contributed by atoms with Crippen molar-refractivity contribution in [3.05, 3.63) is 113 Å². The minimum Gasteiger partial charge on any atom is -0.493 e. The first-order valence-electron chi connectivity index (χ1n) is 12.4. The molecular formula is C33H30F2O. The van der Waals surface area contributed by atoms with E-state index in [2.05, 4.69) is 18.8 Å². The summed E-state index contributed by atoms with van der Waals surface area (Å²) in [6, 6.07) is 24.0. The molecule has 0 bridgehead atoms. The van der Waals surface area contributed by atoms with Gasteiger partial charge in [0, 0.05) is 17.2 Å². The van der Waals surface area contributed by atoms with Gasteiger partial charge in [0.25, 0.3) is 0 Å². The summed E-state index contributed by atoms with van der Waals surface area (Å²) in [4.78, 5) is 0. The van der Waals surface area contributed by atoms with Gasteiger partial charge in [-0.3, -0.25) is 0 Å². The lowest BCUT2D eigenvalue weighted by Crippen LogP contribution is -2.00. The predicted octanol–water partition coefficient (Wildman–Crippen LogP) is 8.75. The van der Waals surface area contributed by atoms with Crippen molar-refractivity contribution in [3.63, 3.8) is 0 Å². The van der Waals surface area contributed by atoms with Crippen LogP contribution in [0.1, 0.15) is 48.9 Å². The number of benzene rings is 4. The molecule has 4 aromatic rings. The topological polar surface area (TPSA) is 9.23 Å². The molecule has 0 spiro atoms. The maximum Gasteiger partial charge on any atom is 0.142 e. The summed E-state index contributed by atoms with van der Waals surface area (Å²) >= 11 is 0. The highest BCUT2D eigenvalue weighted by atomic mass is 19.1. The number of hydrogen-bond donors (Lipinski definition) is 0. The first-order valence-corrected chi connectivity index (χ1v) is 12.4. The molecule has 0 N–H and O–H groups in total. The Morgan fingerprint density at radius 2 is 1.42 bits per heavy atom. The summed E-state index contributed by atoms with van der Waals surface area (Å²) in [6.07, 6.45) is 2.61. The minimum absolute atomic E-state index is 0.275. The van der Waals surface area contributed by atoms with E-state index in [0.717, 1.165) is 40.7 Å². The van der Waals surface area contributed by atoms with E-state index in [-0.39, 0.29) is 11.6 Å². The standard InChI is InChI=1S/C33H30F2O/c1-4-6-19-36-29-20-25(5-2)30(33(35)22-29)17-11-24-9-14-27(15-10-24)31-18-16-28(21-32(31)34)26-12-7-23(3)8-13-26/h7-10,12-16,18,20-22H,4-6,19H2,1-3H3. The Bertz CT molecular complexity index is 1390. The first-order chi connectivity index (χ1) is 17.5. The molecule has 1 nitrogen and oxygen atoms in total. The third-order valence-electron chi connectivity index (χ3n) is 6.17. The fourth-order valence-electron chi connectivity index (χ4n) is 4.02. The Morgan fingerprint density at radius 3 is 2.08 bits per heavy atom. The van der Waals surface area contributed by atoms with Crippen LogP contribution in [0.4, 0.5) is 8.78 Å². The molecule has 0 saturated heterocycles. The van der Waals surface area contributed by atoms with Crippen molar-refractivity contribution in [1.82, 2.24) is 0 Å². The van der Waals surface area contributed by atoms with Crippen molar-refractivity contribution < 1.29 is 13.5 Å². The van der Waals surface area contributed by atoms with Crippen molar-refractivity contribution in [2.75, 3.05) is 6.61 Å². The molecule has 0 atom stereocenters. The van der Waals surface area contributed by atoms with E-state index in [0.29, 0.717) is 29.9 Å². The Labute approximate surface area is 212 Å². The highest BCUT2D eigenvalue weighted by molar-refractivity contribution is 5.71. The zero-order valence-electron chi connectivity index (χ0n) is 21.0. The van der Waals surface area contributed by atoms with Gasteiger partial charge in [-0.05, 0) is 66.3 Å². The Hall–Kier alpha value is -3.90. The molecule has 0 aliphatic rings. The van der Waals surface area contributed by atoms with E-state index in [1.165, 1.54) is 11.6 Å². The zero-order valence-corrected chi connectivity index (χ0v) is 21.0. The number of hydrogen-bond acceptors (Lipinski definition) is 1. The number of rotatable bonds is 7. The first kappa shape index (κ1) is 25.2. The van der Waals surface area contributed by atoms with Gasteiger partial charge < -0.3 is 4.74 Å². The summed E-state index contributed by atoms with van der Waals surface area (Å²) in [5.74, 6) is 5.94. The molecular weight excluding hydrogens is 450 g/mol. The maximum atomic E-state index is 14.9. The predicted molar refractivity (Wildman–Crippen MR) is 144 cm³/mol. The van der Waals surface area contributed by atoms with Gasteiger partial charge in [-0.15, -0.1) is 0 Å². The molecule has 4 aromatic carbocycles. The molecule has 0 aliphatic heterocycles. The van der Waals surface area contributed by atoms with E-state index in [1.807, 2.05) is 74.5 Å². The Morgan fingerprint density at radius 1 is 0.722 bits per heavy atom. The van der Waals surface area contributed by atoms with Gasteiger partial charge in [0.2, 0.25) is 0 Å². The lowest BCUT2D eigenvalue weighted by Gasteiger charge is -2.10. The summed E-state index contributed by atoms with van der Waals surface area (Å²) < 4.78 is 35.4. The average molecular weight is 481 g/mol.